The fourth-order valence-electron chi connectivity index (χ4n) is 2.76. The first kappa shape index (κ1) is 17.1. The van der Waals surface area contributed by atoms with Crippen LogP contribution in [0.25, 0.3) is 0 Å². The van der Waals surface area contributed by atoms with Crippen LogP contribution in [0.15, 0.2) is 18.2 Å². The average Bonchev–Trinajstić information content (AvgIpc) is 2.55. The van der Waals surface area contributed by atoms with E-state index < -0.39 is 0 Å². The van der Waals surface area contributed by atoms with Gasteiger partial charge in [0.05, 0.1) is 19.9 Å². The number of hydrogen-bond donors (Lipinski definition) is 1. The quantitative estimate of drug-likeness (QED) is 0.845. The van der Waals surface area contributed by atoms with Crippen molar-refractivity contribution in [2.24, 2.45) is 5.92 Å². The molecule has 1 heterocycles. The number of rotatable bonds is 5. The molecular weight excluding hydrogens is 296 g/mol. The molecule has 6 nitrogen and oxygen atoms in total. The number of hydrogen-bond acceptors (Lipinski definition) is 4. The van der Waals surface area contributed by atoms with Crippen molar-refractivity contribution in [1.29, 1.82) is 0 Å². The highest BCUT2D eigenvalue weighted by Crippen LogP contribution is 2.29. The van der Waals surface area contributed by atoms with Gasteiger partial charge in [-0.1, -0.05) is 6.92 Å². The number of methoxy groups -OCH3 is 2. The molecule has 0 spiro atoms. The van der Waals surface area contributed by atoms with Crippen molar-refractivity contribution in [3.05, 3.63) is 18.2 Å². The zero-order chi connectivity index (χ0) is 16.8. The van der Waals surface area contributed by atoms with Crippen molar-refractivity contribution < 1.29 is 19.1 Å². The summed E-state index contributed by atoms with van der Waals surface area (Å²) < 4.78 is 10.4. The summed E-state index contributed by atoms with van der Waals surface area (Å²) in [5, 5.41) is 2.73. The molecule has 0 saturated carbocycles. The predicted octanol–water partition coefficient (Wildman–Crippen LogP) is 2.29. The van der Waals surface area contributed by atoms with Gasteiger partial charge in [-0.15, -0.1) is 0 Å². The molecule has 0 aliphatic carbocycles. The summed E-state index contributed by atoms with van der Waals surface area (Å²) in [5.41, 5.74) is 0.526. The Labute approximate surface area is 136 Å². The van der Waals surface area contributed by atoms with Gasteiger partial charge < -0.3 is 19.7 Å². The third kappa shape index (κ3) is 4.61. The van der Waals surface area contributed by atoms with E-state index in [1.54, 1.807) is 30.2 Å². The molecule has 1 fully saturated rings. The Balaban J connectivity index is 1.95. The van der Waals surface area contributed by atoms with Gasteiger partial charge in [0.25, 0.3) is 0 Å². The molecule has 6 heteroatoms. The second kappa shape index (κ2) is 7.85. The molecule has 1 aromatic carbocycles. The van der Waals surface area contributed by atoms with E-state index in [1.165, 1.54) is 7.11 Å². The Kier molecular flexibility index (Phi) is 5.84. The monoisotopic (exact) mass is 320 g/mol. The zero-order valence-electron chi connectivity index (χ0n) is 13.9. The number of benzene rings is 1. The first-order chi connectivity index (χ1) is 11.0. The lowest BCUT2D eigenvalue weighted by Gasteiger charge is -2.30. The molecule has 0 radical (unpaired) electrons. The lowest BCUT2D eigenvalue weighted by atomic mass is 10.00. The topological polar surface area (TPSA) is 67.9 Å². The van der Waals surface area contributed by atoms with Crippen LogP contribution in [0.1, 0.15) is 26.2 Å². The van der Waals surface area contributed by atoms with Crippen molar-refractivity contribution >= 4 is 17.5 Å². The molecule has 2 amide bonds. The molecule has 1 saturated heterocycles. The summed E-state index contributed by atoms with van der Waals surface area (Å²) in [7, 11) is 3.08. The third-order valence-electron chi connectivity index (χ3n) is 4.00. The first-order valence-corrected chi connectivity index (χ1v) is 7.83. The van der Waals surface area contributed by atoms with Crippen LogP contribution in [0.2, 0.25) is 0 Å². The lowest BCUT2D eigenvalue weighted by molar-refractivity contribution is -0.136. The van der Waals surface area contributed by atoms with Crippen LogP contribution in [0.5, 0.6) is 11.5 Å². The van der Waals surface area contributed by atoms with Crippen molar-refractivity contribution in [2.45, 2.75) is 26.2 Å². The van der Waals surface area contributed by atoms with Gasteiger partial charge in [-0.05, 0) is 30.9 Å². The van der Waals surface area contributed by atoms with E-state index in [1.807, 2.05) is 0 Å². The van der Waals surface area contributed by atoms with Crippen molar-refractivity contribution in [3.63, 3.8) is 0 Å². The van der Waals surface area contributed by atoms with E-state index in [9.17, 15) is 9.59 Å². The molecule has 1 atom stereocenters. The van der Waals surface area contributed by atoms with Gasteiger partial charge >= 0.3 is 0 Å². The van der Waals surface area contributed by atoms with Crippen LogP contribution >= 0.6 is 0 Å². The fraction of sp³-hybridized carbons (Fsp3) is 0.529. The molecule has 1 N–H and O–H groups in total. The summed E-state index contributed by atoms with van der Waals surface area (Å²) in [4.78, 5) is 26.1. The standard InChI is InChI=1S/C17H24N2O4/c1-12-5-4-8-19(11-12)17(21)10-16(20)18-14-7-6-13(22-2)9-15(14)23-3/h6-7,9,12H,4-5,8,10-11H2,1-3H3,(H,18,20). The fourth-order valence-corrected chi connectivity index (χ4v) is 2.76. The smallest absolute Gasteiger partial charge is 0.233 e. The van der Waals surface area contributed by atoms with Crippen molar-refractivity contribution in [3.8, 4) is 11.5 Å². The van der Waals surface area contributed by atoms with Crippen LogP contribution in [-0.2, 0) is 9.59 Å². The third-order valence-corrected chi connectivity index (χ3v) is 4.00. The van der Waals surface area contributed by atoms with E-state index in [4.69, 9.17) is 9.47 Å². The van der Waals surface area contributed by atoms with E-state index in [0.29, 0.717) is 23.1 Å². The van der Waals surface area contributed by atoms with Gasteiger partial charge in [0, 0.05) is 19.2 Å². The van der Waals surface area contributed by atoms with E-state index >= 15 is 0 Å². The predicted molar refractivity (Wildman–Crippen MR) is 87.8 cm³/mol. The molecule has 2 rings (SSSR count). The Morgan fingerprint density at radius 1 is 1.30 bits per heavy atom. The molecular formula is C17H24N2O4. The van der Waals surface area contributed by atoms with Gasteiger partial charge in [-0.2, -0.15) is 0 Å². The van der Waals surface area contributed by atoms with Crippen molar-refractivity contribution in [1.82, 2.24) is 4.90 Å². The Morgan fingerprint density at radius 3 is 2.74 bits per heavy atom. The molecule has 126 valence electrons. The minimum Gasteiger partial charge on any atom is -0.497 e. The molecule has 23 heavy (non-hydrogen) atoms. The number of carbonyl (C=O) groups is 2. The average molecular weight is 320 g/mol. The first-order valence-electron chi connectivity index (χ1n) is 7.83. The van der Waals surface area contributed by atoms with Crippen molar-refractivity contribution in [2.75, 3.05) is 32.6 Å². The number of piperidine rings is 1. The van der Waals surface area contributed by atoms with E-state index in [0.717, 1.165) is 25.9 Å². The molecule has 0 bridgehead atoms. The van der Waals surface area contributed by atoms with E-state index in [-0.39, 0.29) is 18.2 Å². The summed E-state index contributed by atoms with van der Waals surface area (Å²) in [6, 6.07) is 5.11. The van der Waals surface area contributed by atoms with Crippen LogP contribution in [0.3, 0.4) is 0 Å². The van der Waals surface area contributed by atoms with Gasteiger partial charge in [-0.3, -0.25) is 9.59 Å². The highest BCUT2D eigenvalue weighted by atomic mass is 16.5. The van der Waals surface area contributed by atoms with Crippen LogP contribution < -0.4 is 14.8 Å². The molecule has 1 unspecified atom stereocenters. The Bertz CT molecular complexity index is 574. The lowest BCUT2D eigenvalue weighted by Crippen LogP contribution is -2.40. The number of anilines is 1. The number of likely N-dealkylation sites (tertiary alicyclic amines) is 1. The highest BCUT2D eigenvalue weighted by Gasteiger charge is 2.23. The number of amides is 2. The van der Waals surface area contributed by atoms with Crippen LogP contribution in [-0.4, -0.2) is 44.0 Å². The largest absolute Gasteiger partial charge is 0.497 e. The summed E-state index contributed by atoms with van der Waals surface area (Å²) in [6.07, 6.45) is 1.99. The number of carbonyl (C=O) groups excluding carboxylic acids is 2. The molecule has 1 aliphatic rings. The summed E-state index contributed by atoms with van der Waals surface area (Å²) in [5.74, 6) is 1.17. The van der Waals surface area contributed by atoms with E-state index in [2.05, 4.69) is 12.2 Å². The van der Waals surface area contributed by atoms with Gasteiger partial charge in [0.15, 0.2) is 0 Å². The maximum Gasteiger partial charge on any atom is 0.233 e. The van der Waals surface area contributed by atoms with Crippen LogP contribution in [0.4, 0.5) is 5.69 Å². The Morgan fingerprint density at radius 2 is 2.09 bits per heavy atom. The van der Waals surface area contributed by atoms with Gasteiger partial charge in [0.2, 0.25) is 11.8 Å². The molecule has 0 aromatic heterocycles. The number of ether oxygens (including phenoxy) is 2. The summed E-state index contributed by atoms with van der Waals surface area (Å²) >= 11 is 0. The Hall–Kier alpha value is -2.24. The summed E-state index contributed by atoms with van der Waals surface area (Å²) in [6.45, 7) is 3.60. The van der Waals surface area contributed by atoms with Gasteiger partial charge in [-0.25, -0.2) is 0 Å². The minimum absolute atomic E-state index is 0.124. The molecule has 1 aliphatic heterocycles. The maximum atomic E-state index is 12.2. The minimum atomic E-state index is -0.336. The second-order valence-electron chi connectivity index (χ2n) is 5.88. The zero-order valence-corrected chi connectivity index (χ0v) is 13.9. The number of nitrogens with one attached hydrogen (secondary N) is 1. The maximum absolute atomic E-state index is 12.2. The van der Waals surface area contributed by atoms with Crippen LogP contribution in [0, 0.1) is 5.92 Å². The van der Waals surface area contributed by atoms with Gasteiger partial charge in [0.1, 0.15) is 17.9 Å². The number of nitrogens with zero attached hydrogens (tertiary/aromatic N) is 1. The SMILES string of the molecule is COc1ccc(NC(=O)CC(=O)N2CCCC(C)C2)c(OC)c1. The molecule has 1 aromatic rings. The second-order valence-corrected chi connectivity index (χ2v) is 5.88. The normalized spacial score (nSPS) is 17.5. The highest BCUT2D eigenvalue weighted by molar-refractivity contribution is 6.04.